The zero-order valence-electron chi connectivity index (χ0n) is 18.9. The number of aromatic nitrogens is 1. The third-order valence-electron chi connectivity index (χ3n) is 5.84. The lowest BCUT2D eigenvalue weighted by atomic mass is 9.81. The molecule has 8 nitrogen and oxygen atoms in total. The number of methoxy groups -OCH3 is 1. The molecule has 2 saturated carbocycles. The number of fused-ring (bicyclic) bond motifs is 2. The van der Waals surface area contributed by atoms with Crippen LogP contribution < -0.4 is 0 Å². The quantitative estimate of drug-likeness (QED) is 0.208. The number of ether oxygens (including phenoxy) is 4. The fraction of sp³-hybridized carbons (Fsp3) is 0.609. The Morgan fingerprint density at radius 2 is 1.53 bits per heavy atom. The number of aliphatic hydroxyl groups is 1. The number of nitrogens with zero attached hydrogens (tertiary/aromatic N) is 1. The van der Waals surface area contributed by atoms with Crippen LogP contribution in [0.25, 0.3) is 5.76 Å². The molecule has 34 heavy (non-hydrogen) atoms. The van der Waals surface area contributed by atoms with Gasteiger partial charge in [0.05, 0.1) is 51.9 Å². The maximum Gasteiger partial charge on any atom is 0.433 e. The molecule has 0 saturated heterocycles. The van der Waals surface area contributed by atoms with Gasteiger partial charge in [0.25, 0.3) is 0 Å². The number of hydrogen-bond donors (Lipinski definition) is 1. The smallest absolute Gasteiger partial charge is 0.433 e. The van der Waals surface area contributed by atoms with E-state index >= 15 is 0 Å². The molecule has 0 amide bonds. The van der Waals surface area contributed by atoms with Gasteiger partial charge in [-0.1, -0.05) is 0 Å². The number of allylic oxidation sites excluding steroid dienone is 1. The fourth-order valence-electron chi connectivity index (χ4n) is 4.09. The molecular formula is C23H28F3NO7. The third-order valence-corrected chi connectivity index (χ3v) is 5.84. The first-order valence-corrected chi connectivity index (χ1v) is 11.0. The molecular weight excluding hydrogens is 459 g/mol. The SMILES string of the molecule is COCCOCCOCCOCc1nc(C(F)(F)F)ccc1C(O)=C1C(=O)C2CCC(C2)C1=O. The number of carbonyl (C=O) groups is 2. The minimum absolute atomic E-state index is 0.0504. The van der Waals surface area contributed by atoms with Crippen LogP contribution in [-0.4, -0.2) is 68.4 Å². The number of alkyl halides is 3. The van der Waals surface area contributed by atoms with E-state index < -0.39 is 29.2 Å². The maximum atomic E-state index is 13.2. The standard InChI is InChI=1S/C23H28F3NO7/c1-31-6-7-32-8-9-33-10-11-34-13-17-16(4-5-18(27-17)23(24,25)26)22(30)19-20(28)14-2-3-15(12-14)21(19)29/h4-5,14-15,30H,2-3,6-13H2,1H3. The van der Waals surface area contributed by atoms with Crippen molar-refractivity contribution in [1.29, 1.82) is 0 Å². The van der Waals surface area contributed by atoms with Crippen molar-refractivity contribution in [3.63, 3.8) is 0 Å². The van der Waals surface area contributed by atoms with Gasteiger partial charge < -0.3 is 24.1 Å². The van der Waals surface area contributed by atoms with Crippen LogP contribution in [0.2, 0.25) is 0 Å². The highest BCUT2D eigenvalue weighted by molar-refractivity contribution is 6.27. The lowest BCUT2D eigenvalue weighted by Crippen LogP contribution is -2.30. The molecule has 11 heteroatoms. The van der Waals surface area contributed by atoms with Crippen molar-refractivity contribution in [2.45, 2.75) is 32.0 Å². The Labute approximate surface area is 195 Å². The Hall–Kier alpha value is -2.34. The molecule has 1 N–H and O–H groups in total. The van der Waals surface area contributed by atoms with Crippen molar-refractivity contribution in [3.05, 3.63) is 34.7 Å². The largest absolute Gasteiger partial charge is 0.506 e. The fourth-order valence-corrected chi connectivity index (χ4v) is 4.09. The highest BCUT2D eigenvalue weighted by atomic mass is 19.4. The number of halogens is 3. The minimum Gasteiger partial charge on any atom is -0.506 e. The predicted molar refractivity (Wildman–Crippen MR) is 113 cm³/mol. The van der Waals surface area contributed by atoms with E-state index in [0.717, 1.165) is 6.07 Å². The van der Waals surface area contributed by atoms with E-state index in [9.17, 15) is 27.9 Å². The predicted octanol–water partition coefficient (Wildman–Crippen LogP) is 3.13. The van der Waals surface area contributed by atoms with Gasteiger partial charge in [0.15, 0.2) is 11.6 Å². The summed E-state index contributed by atoms with van der Waals surface area (Å²) in [5, 5.41) is 10.8. The summed E-state index contributed by atoms with van der Waals surface area (Å²) in [4.78, 5) is 29.0. The molecule has 188 valence electrons. The van der Waals surface area contributed by atoms with Gasteiger partial charge in [0.2, 0.25) is 0 Å². The van der Waals surface area contributed by atoms with E-state index in [0.29, 0.717) is 51.8 Å². The maximum absolute atomic E-state index is 13.2. The van der Waals surface area contributed by atoms with E-state index in [4.69, 9.17) is 18.9 Å². The van der Waals surface area contributed by atoms with Gasteiger partial charge >= 0.3 is 6.18 Å². The van der Waals surface area contributed by atoms with Gasteiger partial charge in [-0.3, -0.25) is 9.59 Å². The van der Waals surface area contributed by atoms with Crippen LogP contribution in [0.1, 0.15) is 36.2 Å². The molecule has 0 radical (unpaired) electrons. The molecule has 0 aromatic carbocycles. The van der Waals surface area contributed by atoms with Crippen molar-refractivity contribution >= 4 is 17.3 Å². The van der Waals surface area contributed by atoms with Gasteiger partial charge in [-0.05, 0) is 31.4 Å². The second-order valence-corrected chi connectivity index (χ2v) is 8.12. The topological polar surface area (TPSA) is 104 Å². The molecule has 1 aromatic heterocycles. The van der Waals surface area contributed by atoms with Crippen LogP contribution in [0.4, 0.5) is 13.2 Å². The number of aliphatic hydroxyl groups excluding tert-OH is 1. The molecule has 2 aliphatic rings. The summed E-state index contributed by atoms with van der Waals surface area (Å²) in [5.41, 5.74) is -1.86. The molecule has 2 aliphatic carbocycles. The zero-order valence-corrected chi connectivity index (χ0v) is 18.9. The first kappa shape index (κ1) is 26.3. The highest BCUT2D eigenvalue weighted by Crippen LogP contribution is 2.42. The lowest BCUT2D eigenvalue weighted by molar-refractivity contribution is -0.141. The number of pyridine rings is 1. The van der Waals surface area contributed by atoms with Gasteiger partial charge in [-0.25, -0.2) is 4.98 Å². The number of rotatable bonds is 12. The van der Waals surface area contributed by atoms with Gasteiger partial charge in [0.1, 0.15) is 17.0 Å². The van der Waals surface area contributed by atoms with Crippen LogP contribution in [0.15, 0.2) is 17.7 Å². The summed E-state index contributed by atoms with van der Waals surface area (Å²) in [7, 11) is 1.56. The first-order valence-electron chi connectivity index (χ1n) is 11.0. The lowest BCUT2D eigenvalue weighted by Gasteiger charge is -2.21. The molecule has 2 fully saturated rings. The normalized spacial score (nSPS) is 20.3. The molecule has 0 spiro atoms. The van der Waals surface area contributed by atoms with Gasteiger partial charge in [0, 0.05) is 24.5 Å². The van der Waals surface area contributed by atoms with Gasteiger partial charge in [-0.2, -0.15) is 13.2 Å². The van der Waals surface area contributed by atoms with Gasteiger partial charge in [-0.15, -0.1) is 0 Å². The summed E-state index contributed by atoms with van der Waals surface area (Å²) in [6, 6.07) is 1.72. The Balaban J connectivity index is 1.68. The van der Waals surface area contributed by atoms with Crippen LogP contribution in [-0.2, 0) is 41.3 Å². The van der Waals surface area contributed by atoms with Crippen LogP contribution in [0, 0.1) is 11.8 Å². The van der Waals surface area contributed by atoms with E-state index in [1.807, 2.05) is 0 Å². The summed E-state index contributed by atoms with van der Waals surface area (Å²) < 4.78 is 60.4. The summed E-state index contributed by atoms with van der Waals surface area (Å²) >= 11 is 0. The number of Topliss-reactive ketones (excluding diaryl/α,β-unsaturated/α-hetero) is 2. The van der Waals surface area contributed by atoms with Crippen molar-refractivity contribution in [2.24, 2.45) is 11.8 Å². The molecule has 2 unspecified atom stereocenters. The summed E-state index contributed by atoms with van der Waals surface area (Å²) in [6.45, 7) is 1.40. The average Bonchev–Trinajstić information content (AvgIpc) is 3.25. The molecule has 1 aromatic rings. The summed E-state index contributed by atoms with van der Waals surface area (Å²) in [6.07, 6.45) is -3.14. The molecule has 3 rings (SSSR count). The van der Waals surface area contributed by atoms with Crippen molar-refractivity contribution in [3.8, 4) is 0 Å². The Bertz CT molecular complexity index is 892. The Morgan fingerprint density at radius 1 is 0.971 bits per heavy atom. The van der Waals surface area contributed by atoms with Crippen LogP contribution in [0.3, 0.4) is 0 Å². The minimum atomic E-state index is -4.71. The molecule has 2 atom stereocenters. The van der Waals surface area contributed by atoms with Crippen molar-refractivity contribution in [1.82, 2.24) is 4.98 Å². The van der Waals surface area contributed by atoms with Crippen molar-refractivity contribution < 1.29 is 46.8 Å². The molecule has 2 bridgehead atoms. The average molecular weight is 487 g/mol. The molecule has 1 heterocycles. The monoisotopic (exact) mass is 487 g/mol. The third kappa shape index (κ3) is 6.41. The second-order valence-electron chi connectivity index (χ2n) is 8.12. The Morgan fingerprint density at radius 3 is 2.09 bits per heavy atom. The Kier molecular flexibility index (Phi) is 9.17. The second kappa shape index (κ2) is 11.9. The first-order chi connectivity index (χ1) is 16.2. The van der Waals surface area contributed by atoms with Crippen LogP contribution in [0.5, 0.6) is 0 Å². The van der Waals surface area contributed by atoms with E-state index in [2.05, 4.69) is 4.98 Å². The number of carbonyl (C=O) groups excluding carboxylic acids is 2. The number of hydrogen-bond acceptors (Lipinski definition) is 8. The molecule has 0 aliphatic heterocycles. The van der Waals surface area contributed by atoms with Crippen LogP contribution >= 0.6 is 0 Å². The van der Waals surface area contributed by atoms with Crippen molar-refractivity contribution in [2.75, 3.05) is 46.8 Å². The van der Waals surface area contributed by atoms with E-state index in [-0.39, 0.29) is 48.5 Å². The number of ketones is 2. The highest BCUT2D eigenvalue weighted by Gasteiger charge is 2.45. The summed E-state index contributed by atoms with van der Waals surface area (Å²) in [5.74, 6) is -2.28. The van der Waals surface area contributed by atoms with E-state index in [1.165, 1.54) is 0 Å². The van der Waals surface area contributed by atoms with E-state index in [1.54, 1.807) is 7.11 Å². The zero-order chi connectivity index (χ0) is 24.7.